The van der Waals surface area contributed by atoms with Gasteiger partial charge in [0.05, 0.1) is 29.8 Å². The van der Waals surface area contributed by atoms with Crippen LogP contribution in [0.3, 0.4) is 0 Å². The van der Waals surface area contributed by atoms with Gasteiger partial charge in [0.15, 0.2) is 0 Å². The number of aliphatic carboxylic acids is 1. The molecule has 174 valence electrons. The van der Waals surface area contributed by atoms with Gasteiger partial charge in [0.2, 0.25) is 0 Å². The van der Waals surface area contributed by atoms with Crippen LogP contribution in [0.15, 0.2) is 42.5 Å². The van der Waals surface area contributed by atoms with Crippen LogP contribution in [0, 0.1) is 5.82 Å². The maximum atomic E-state index is 13.8. The van der Waals surface area contributed by atoms with Crippen LogP contribution in [0.4, 0.5) is 20.6 Å². The third-order valence-electron chi connectivity index (χ3n) is 5.79. The summed E-state index contributed by atoms with van der Waals surface area (Å²) in [5, 5.41) is 14.1. The van der Waals surface area contributed by atoms with Gasteiger partial charge in [-0.05, 0) is 43.2 Å². The Balaban J connectivity index is 1.49. The van der Waals surface area contributed by atoms with Crippen molar-refractivity contribution >= 4 is 29.3 Å². The molecule has 2 aromatic rings. The molecule has 1 saturated heterocycles. The van der Waals surface area contributed by atoms with Gasteiger partial charge in [-0.15, -0.1) is 0 Å². The zero-order valence-corrected chi connectivity index (χ0v) is 17.9. The monoisotopic (exact) mass is 457 g/mol. The molecule has 2 aliphatic heterocycles. The summed E-state index contributed by atoms with van der Waals surface area (Å²) in [6.07, 6.45) is 0.146. The first-order chi connectivity index (χ1) is 15.8. The normalized spacial score (nSPS) is 22.2. The lowest BCUT2D eigenvalue weighted by atomic mass is 9.94. The first-order valence-corrected chi connectivity index (χ1v) is 10.6. The highest BCUT2D eigenvalue weighted by atomic mass is 19.1. The van der Waals surface area contributed by atoms with Crippen LogP contribution >= 0.6 is 0 Å². The summed E-state index contributed by atoms with van der Waals surface area (Å²) in [6, 6.07) is 9.51. The smallest absolute Gasteiger partial charge is 0.323 e. The second-order valence-electron chi connectivity index (χ2n) is 8.04. The highest BCUT2D eigenvalue weighted by Crippen LogP contribution is 2.32. The van der Waals surface area contributed by atoms with Crippen molar-refractivity contribution < 1.29 is 33.4 Å². The summed E-state index contributed by atoms with van der Waals surface area (Å²) < 4.78 is 25.5. The number of fused-ring (bicyclic) bond motifs is 2. The Labute approximate surface area is 189 Å². The minimum absolute atomic E-state index is 0.0323. The molecular formula is C23H24FN3O6. The zero-order valence-electron chi connectivity index (χ0n) is 17.9. The van der Waals surface area contributed by atoms with Gasteiger partial charge in [-0.3, -0.25) is 9.59 Å². The van der Waals surface area contributed by atoms with Gasteiger partial charge in [-0.1, -0.05) is 12.1 Å². The minimum atomic E-state index is -0.931. The van der Waals surface area contributed by atoms with Crippen LogP contribution in [0.2, 0.25) is 0 Å². The van der Waals surface area contributed by atoms with Crippen molar-refractivity contribution in [3.05, 3.63) is 53.8 Å². The van der Waals surface area contributed by atoms with E-state index in [0.717, 1.165) is 0 Å². The van der Waals surface area contributed by atoms with Crippen molar-refractivity contribution in [1.29, 1.82) is 0 Å². The quantitative estimate of drug-likeness (QED) is 0.649. The second-order valence-corrected chi connectivity index (χ2v) is 8.04. The number of ether oxygens (including phenoxy) is 2. The molecule has 0 aliphatic carbocycles. The number of nitrogens with zero attached hydrogens (tertiary/aromatic N) is 1. The number of carboxylic acid groups (broad SMARTS) is 1. The number of para-hydroxylation sites is 1. The number of nitrogens with one attached hydrogen (secondary N) is 2. The zero-order chi connectivity index (χ0) is 23.5. The Hall–Kier alpha value is -3.66. The van der Waals surface area contributed by atoms with Crippen molar-refractivity contribution in [1.82, 2.24) is 4.90 Å². The van der Waals surface area contributed by atoms with Crippen LogP contribution in [0.1, 0.15) is 29.6 Å². The number of anilines is 2. The molecule has 9 nitrogen and oxygen atoms in total. The second kappa shape index (κ2) is 9.45. The molecule has 0 unspecified atom stereocenters. The number of benzene rings is 2. The third kappa shape index (κ3) is 5.06. The Bertz CT molecular complexity index is 1080. The standard InChI is InChI=1S/C23H24FN3O6/c1-27-18-8-7-14(11-21(28)29)33-20(18)12-32-19-9-6-13(10-15(19)22(27)30)25-23(31)26-17-5-3-2-4-16(17)24/h2-6,9-10,14,18,20H,7-8,11-12H2,1H3,(H,28,29)(H2,25,26,31)/t14-,18-,20+/m0/s1. The number of likely N-dealkylation sites (N-methyl/N-ethyl adjacent to an activating group) is 1. The lowest BCUT2D eigenvalue weighted by Gasteiger charge is -2.42. The number of urea groups is 1. The average molecular weight is 457 g/mol. The number of hydrogen-bond donors (Lipinski definition) is 3. The number of carboxylic acids is 1. The van der Waals surface area contributed by atoms with Gasteiger partial charge in [0.25, 0.3) is 5.91 Å². The van der Waals surface area contributed by atoms with Crippen molar-refractivity contribution in [2.45, 2.75) is 37.5 Å². The highest BCUT2D eigenvalue weighted by molar-refractivity contribution is 6.02. The Morgan fingerprint density at radius 2 is 1.97 bits per heavy atom. The number of halogens is 1. The fourth-order valence-corrected chi connectivity index (χ4v) is 4.15. The summed E-state index contributed by atoms with van der Waals surface area (Å²) in [6.45, 7) is 0.159. The average Bonchev–Trinajstić information content (AvgIpc) is 2.78. The van der Waals surface area contributed by atoms with E-state index in [1.54, 1.807) is 30.1 Å². The SMILES string of the molecule is CN1C(=O)c2cc(NC(=O)Nc3ccccc3F)ccc2OC[C@H]2O[C@H](CC(=O)O)CC[C@@H]21. The summed E-state index contributed by atoms with van der Waals surface area (Å²) in [4.78, 5) is 38.1. The van der Waals surface area contributed by atoms with E-state index in [1.807, 2.05) is 0 Å². The molecule has 0 spiro atoms. The van der Waals surface area contributed by atoms with E-state index in [0.29, 0.717) is 24.3 Å². The number of carbonyl (C=O) groups is 3. The van der Waals surface area contributed by atoms with Gasteiger partial charge >= 0.3 is 12.0 Å². The molecule has 2 aliphatic rings. The molecule has 4 rings (SSSR count). The number of hydrogen-bond acceptors (Lipinski definition) is 5. The first-order valence-electron chi connectivity index (χ1n) is 10.6. The maximum absolute atomic E-state index is 13.8. The molecule has 3 atom stereocenters. The molecule has 3 amide bonds. The molecule has 2 aromatic carbocycles. The molecule has 2 heterocycles. The van der Waals surface area contributed by atoms with E-state index >= 15 is 0 Å². The van der Waals surface area contributed by atoms with Crippen molar-refractivity contribution in [2.24, 2.45) is 0 Å². The molecule has 33 heavy (non-hydrogen) atoms. The fourth-order valence-electron chi connectivity index (χ4n) is 4.15. The van der Waals surface area contributed by atoms with Crippen LogP contribution in [0.5, 0.6) is 5.75 Å². The molecule has 0 aromatic heterocycles. The van der Waals surface area contributed by atoms with Gasteiger partial charge in [0.1, 0.15) is 24.3 Å². The summed E-state index contributed by atoms with van der Waals surface area (Å²) in [5.74, 6) is -1.47. The van der Waals surface area contributed by atoms with Crippen LogP contribution < -0.4 is 15.4 Å². The lowest BCUT2D eigenvalue weighted by molar-refractivity contribution is -0.148. The Morgan fingerprint density at radius 3 is 2.73 bits per heavy atom. The Morgan fingerprint density at radius 1 is 1.18 bits per heavy atom. The summed E-state index contributed by atoms with van der Waals surface area (Å²) >= 11 is 0. The van der Waals surface area contributed by atoms with Crippen molar-refractivity contribution in [2.75, 3.05) is 24.3 Å². The van der Waals surface area contributed by atoms with E-state index in [2.05, 4.69) is 10.6 Å². The predicted octanol–water partition coefficient (Wildman–Crippen LogP) is 3.33. The van der Waals surface area contributed by atoms with Crippen molar-refractivity contribution in [3.63, 3.8) is 0 Å². The number of carbonyl (C=O) groups excluding carboxylic acids is 2. The highest BCUT2D eigenvalue weighted by Gasteiger charge is 2.39. The summed E-state index contributed by atoms with van der Waals surface area (Å²) in [7, 11) is 1.67. The Kier molecular flexibility index (Phi) is 6.45. The first kappa shape index (κ1) is 22.5. The minimum Gasteiger partial charge on any atom is -0.490 e. The number of amides is 3. The maximum Gasteiger partial charge on any atom is 0.323 e. The topological polar surface area (TPSA) is 117 Å². The summed E-state index contributed by atoms with van der Waals surface area (Å²) in [5.41, 5.74) is 0.642. The van der Waals surface area contributed by atoms with Gasteiger partial charge < -0.3 is 30.1 Å². The molecular weight excluding hydrogens is 433 g/mol. The van der Waals surface area contributed by atoms with E-state index in [-0.39, 0.29) is 36.2 Å². The van der Waals surface area contributed by atoms with Crippen LogP contribution in [0.25, 0.3) is 0 Å². The van der Waals surface area contributed by atoms with Gasteiger partial charge in [-0.25, -0.2) is 9.18 Å². The van der Waals surface area contributed by atoms with Gasteiger partial charge in [0, 0.05) is 12.7 Å². The molecule has 1 fully saturated rings. The van der Waals surface area contributed by atoms with Crippen LogP contribution in [-0.4, -0.2) is 59.8 Å². The predicted molar refractivity (Wildman–Crippen MR) is 117 cm³/mol. The van der Waals surface area contributed by atoms with E-state index in [1.165, 1.54) is 24.3 Å². The third-order valence-corrected chi connectivity index (χ3v) is 5.79. The molecule has 0 saturated carbocycles. The van der Waals surface area contributed by atoms with E-state index < -0.39 is 30.0 Å². The van der Waals surface area contributed by atoms with Crippen molar-refractivity contribution in [3.8, 4) is 5.75 Å². The molecule has 10 heteroatoms. The molecule has 0 radical (unpaired) electrons. The van der Waals surface area contributed by atoms with Gasteiger partial charge in [-0.2, -0.15) is 0 Å². The molecule has 0 bridgehead atoms. The van der Waals surface area contributed by atoms with Crippen LogP contribution in [-0.2, 0) is 9.53 Å². The molecule has 3 N–H and O–H groups in total. The fraction of sp³-hybridized carbons (Fsp3) is 0.348. The lowest BCUT2D eigenvalue weighted by Crippen LogP contribution is -2.53. The largest absolute Gasteiger partial charge is 0.490 e. The van der Waals surface area contributed by atoms with E-state index in [9.17, 15) is 18.8 Å². The number of rotatable bonds is 4. The van der Waals surface area contributed by atoms with E-state index in [4.69, 9.17) is 14.6 Å².